The van der Waals surface area contributed by atoms with E-state index in [2.05, 4.69) is 48.7 Å². The molecule has 0 radical (unpaired) electrons. The number of benzene rings is 1. The van der Waals surface area contributed by atoms with Crippen LogP contribution in [-0.4, -0.2) is 32.7 Å². The number of ether oxygens (including phenoxy) is 1. The van der Waals surface area contributed by atoms with Gasteiger partial charge < -0.3 is 15.4 Å². The highest BCUT2D eigenvalue weighted by molar-refractivity contribution is 5.78. The molecule has 1 aliphatic rings. The number of rotatable bonds is 9. The molecule has 1 amide bonds. The summed E-state index contributed by atoms with van der Waals surface area (Å²) >= 11 is 0. The second-order valence-electron chi connectivity index (χ2n) is 7.45. The molecule has 140 valence electrons. The summed E-state index contributed by atoms with van der Waals surface area (Å²) in [6.07, 6.45) is 6.77. The van der Waals surface area contributed by atoms with Gasteiger partial charge in [-0.2, -0.15) is 0 Å². The van der Waals surface area contributed by atoms with E-state index < -0.39 is 0 Å². The molecule has 0 saturated heterocycles. The molecular formula is C21H34N2O2. The quantitative estimate of drug-likeness (QED) is 0.669. The molecule has 1 atom stereocenters. The maximum absolute atomic E-state index is 11.9. The third-order valence-corrected chi connectivity index (χ3v) is 5.15. The van der Waals surface area contributed by atoms with Crippen LogP contribution < -0.4 is 10.6 Å². The minimum absolute atomic E-state index is 0.0153. The minimum Gasteiger partial charge on any atom is -0.383 e. The van der Waals surface area contributed by atoms with Gasteiger partial charge in [0.1, 0.15) is 0 Å². The SMILES string of the molecule is COCCNC(=O)CN[C@@H](c1ccc(C2CCCCC2)cc1)C(C)C. The average Bonchev–Trinajstić information content (AvgIpc) is 2.63. The summed E-state index contributed by atoms with van der Waals surface area (Å²) in [5.74, 6) is 1.17. The Morgan fingerprint density at radius 3 is 2.44 bits per heavy atom. The van der Waals surface area contributed by atoms with Crippen LogP contribution in [0.5, 0.6) is 0 Å². The van der Waals surface area contributed by atoms with E-state index in [9.17, 15) is 4.79 Å². The van der Waals surface area contributed by atoms with Crippen LogP contribution in [0, 0.1) is 5.92 Å². The van der Waals surface area contributed by atoms with Crippen molar-refractivity contribution >= 4 is 5.91 Å². The zero-order chi connectivity index (χ0) is 18.1. The largest absolute Gasteiger partial charge is 0.383 e. The molecule has 1 fully saturated rings. The molecule has 0 aliphatic heterocycles. The molecule has 1 saturated carbocycles. The number of hydrogen-bond donors (Lipinski definition) is 2. The third kappa shape index (κ3) is 6.44. The molecule has 0 aromatic heterocycles. The molecule has 0 spiro atoms. The highest BCUT2D eigenvalue weighted by Gasteiger charge is 2.19. The van der Waals surface area contributed by atoms with Gasteiger partial charge in [0, 0.05) is 19.7 Å². The summed E-state index contributed by atoms with van der Waals surface area (Å²) in [4.78, 5) is 11.9. The van der Waals surface area contributed by atoms with E-state index in [1.807, 2.05) is 0 Å². The molecule has 25 heavy (non-hydrogen) atoms. The lowest BCUT2D eigenvalue weighted by atomic mass is 9.83. The first-order valence-electron chi connectivity index (χ1n) is 9.70. The van der Waals surface area contributed by atoms with Gasteiger partial charge in [-0.25, -0.2) is 0 Å². The van der Waals surface area contributed by atoms with Gasteiger partial charge in [-0.15, -0.1) is 0 Å². The van der Waals surface area contributed by atoms with Gasteiger partial charge in [-0.1, -0.05) is 57.4 Å². The molecule has 1 aromatic rings. The summed E-state index contributed by atoms with van der Waals surface area (Å²) in [5.41, 5.74) is 2.74. The highest BCUT2D eigenvalue weighted by Crippen LogP contribution is 2.33. The Kier molecular flexibility index (Phi) is 8.42. The number of nitrogens with one attached hydrogen (secondary N) is 2. The minimum atomic E-state index is 0.0153. The molecule has 1 aromatic carbocycles. The van der Waals surface area contributed by atoms with Crippen molar-refractivity contribution in [1.82, 2.24) is 10.6 Å². The standard InChI is InChI=1S/C21H34N2O2/c1-16(2)21(23-15-20(24)22-13-14-25-3)19-11-9-18(10-12-19)17-7-5-4-6-8-17/h9-12,16-17,21,23H,4-8,13-15H2,1-3H3,(H,22,24)/t21-/m1/s1. The first-order valence-corrected chi connectivity index (χ1v) is 9.70. The topological polar surface area (TPSA) is 50.4 Å². The Morgan fingerprint density at radius 1 is 1.16 bits per heavy atom. The Labute approximate surface area is 152 Å². The fraction of sp³-hybridized carbons (Fsp3) is 0.667. The number of hydrogen-bond acceptors (Lipinski definition) is 3. The fourth-order valence-electron chi connectivity index (χ4n) is 3.71. The van der Waals surface area contributed by atoms with Gasteiger partial charge in [-0.05, 0) is 35.8 Å². The molecule has 4 heteroatoms. The van der Waals surface area contributed by atoms with Crippen LogP contribution in [0.3, 0.4) is 0 Å². The van der Waals surface area contributed by atoms with Crippen LogP contribution in [0.15, 0.2) is 24.3 Å². The first kappa shape index (κ1) is 19.9. The molecule has 0 heterocycles. The van der Waals surface area contributed by atoms with Crippen molar-refractivity contribution in [2.24, 2.45) is 5.92 Å². The van der Waals surface area contributed by atoms with Gasteiger partial charge in [0.2, 0.25) is 5.91 Å². The molecular weight excluding hydrogens is 312 g/mol. The highest BCUT2D eigenvalue weighted by atomic mass is 16.5. The van der Waals surface area contributed by atoms with E-state index in [4.69, 9.17) is 4.74 Å². The number of amides is 1. The van der Waals surface area contributed by atoms with Gasteiger partial charge in [0.15, 0.2) is 0 Å². The van der Waals surface area contributed by atoms with Crippen LogP contribution in [0.2, 0.25) is 0 Å². The van der Waals surface area contributed by atoms with Crippen molar-refractivity contribution in [2.75, 3.05) is 26.8 Å². The van der Waals surface area contributed by atoms with Crippen molar-refractivity contribution in [3.63, 3.8) is 0 Å². The van der Waals surface area contributed by atoms with E-state index in [0.29, 0.717) is 25.6 Å². The van der Waals surface area contributed by atoms with Crippen molar-refractivity contribution in [2.45, 2.75) is 57.9 Å². The second kappa shape index (κ2) is 10.6. The lowest BCUT2D eigenvalue weighted by Gasteiger charge is -2.25. The number of carbonyl (C=O) groups is 1. The Bertz CT molecular complexity index is 507. The van der Waals surface area contributed by atoms with E-state index in [-0.39, 0.29) is 11.9 Å². The van der Waals surface area contributed by atoms with E-state index in [0.717, 1.165) is 5.92 Å². The number of carbonyl (C=O) groups excluding carboxylic acids is 1. The third-order valence-electron chi connectivity index (χ3n) is 5.15. The van der Waals surface area contributed by atoms with Gasteiger partial charge in [-0.3, -0.25) is 4.79 Å². The van der Waals surface area contributed by atoms with Crippen molar-refractivity contribution < 1.29 is 9.53 Å². The average molecular weight is 347 g/mol. The van der Waals surface area contributed by atoms with Crippen LogP contribution in [0.1, 0.15) is 69.0 Å². The molecule has 1 aliphatic carbocycles. The van der Waals surface area contributed by atoms with Crippen molar-refractivity contribution in [3.8, 4) is 0 Å². The summed E-state index contributed by atoms with van der Waals surface area (Å²) in [5, 5.41) is 6.26. The maximum Gasteiger partial charge on any atom is 0.234 e. The van der Waals surface area contributed by atoms with Crippen LogP contribution in [-0.2, 0) is 9.53 Å². The summed E-state index contributed by atoms with van der Waals surface area (Å²) < 4.78 is 4.95. The predicted molar refractivity (Wildman–Crippen MR) is 103 cm³/mol. The summed E-state index contributed by atoms with van der Waals surface area (Å²) in [7, 11) is 1.64. The van der Waals surface area contributed by atoms with E-state index >= 15 is 0 Å². The van der Waals surface area contributed by atoms with Gasteiger partial charge in [0.05, 0.1) is 13.2 Å². The molecule has 0 bridgehead atoms. The first-order chi connectivity index (χ1) is 12.1. The summed E-state index contributed by atoms with van der Waals surface area (Å²) in [6, 6.07) is 9.25. The van der Waals surface area contributed by atoms with Crippen LogP contribution >= 0.6 is 0 Å². The van der Waals surface area contributed by atoms with Gasteiger partial charge in [0.25, 0.3) is 0 Å². The van der Waals surface area contributed by atoms with E-state index in [1.165, 1.54) is 43.2 Å². The van der Waals surface area contributed by atoms with Crippen molar-refractivity contribution in [3.05, 3.63) is 35.4 Å². The predicted octanol–water partition coefficient (Wildman–Crippen LogP) is 3.78. The monoisotopic (exact) mass is 346 g/mol. The lowest BCUT2D eigenvalue weighted by molar-refractivity contribution is -0.120. The maximum atomic E-state index is 11.9. The lowest BCUT2D eigenvalue weighted by Crippen LogP contribution is -2.38. The number of methoxy groups -OCH3 is 1. The van der Waals surface area contributed by atoms with Crippen molar-refractivity contribution in [1.29, 1.82) is 0 Å². The molecule has 4 nitrogen and oxygen atoms in total. The van der Waals surface area contributed by atoms with Gasteiger partial charge >= 0.3 is 0 Å². The van der Waals surface area contributed by atoms with Crippen LogP contribution in [0.4, 0.5) is 0 Å². The Morgan fingerprint density at radius 2 is 1.84 bits per heavy atom. The molecule has 2 rings (SSSR count). The smallest absolute Gasteiger partial charge is 0.234 e. The molecule has 2 N–H and O–H groups in total. The van der Waals surface area contributed by atoms with Crippen LogP contribution in [0.25, 0.3) is 0 Å². The Balaban J connectivity index is 1.91. The van der Waals surface area contributed by atoms with E-state index in [1.54, 1.807) is 7.11 Å². The normalized spacial score (nSPS) is 16.8. The zero-order valence-electron chi connectivity index (χ0n) is 16.0. The summed E-state index contributed by atoms with van der Waals surface area (Å²) in [6.45, 7) is 5.81. The fourth-order valence-corrected chi connectivity index (χ4v) is 3.71. The second-order valence-corrected chi connectivity index (χ2v) is 7.45. The Hall–Kier alpha value is -1.39. The zero-order valence-corrected chi connectivity index (χ0v) is 16.0. The molecule has 0 unspecified atom stereocenters.